The van der Waals surface area contributed by atoms with Gasteiger partial charge in [-0.15, -0.1) is 0 Å². The van der Waals surface area contributed by atoms with Gasteiger partial charge in [-0.3, -0.25) is 4.99 Å². The smallest absolute Gasteiger partial charge is 0.176 e. The standard InChI is InChI=1S/C11H21NO3S/c1-10(13)16(14,15)9-5-8-12-11-6-3-2-4-7-11/h10,13H,2-9H2,1H3. The molecule has 0 radical (unpaired) electrons. The Labute approximate surface area is 97.7 Å². The second kappa shape index (κ2) is 6.35. The Kier molecular flexibility index (Phi) is 5.41. The van der Waals surface area contributed by atoms with Crippen LogP contribution in [0.15, 0.2) is 4.99 Å². The molecule has 0 heterocycles. The molecule has 5 heteroatoms. The lowest BCUT2D eigenvalue weighted by Crippen LogP contribution is -2.20. The van der Waals surface area contributed by atoms with Crippen molar-refractivity contribution in [1.29, 1.82) is 0 Å². The van der Waals surface area contributed by atoms with Crippen LogP contribution in [-0.4, -0.2) is 37.0 Å². The number of rotatable bonds is 5. The lowest BCUT2D eigenvalue weighted by Gasteiger charge is -2.12. The van der Waals surface area contributed by atoms with E-state index in [1.54, 1.807) is 0 Å². The first-order valence-electron chi connectivity index (χ1n) is 5.94. The second-order valence-electron chi connectivity index (χ2n) is 4.33. The molecule has 0 bridgehead atoms. The van der Waals surface area contributed by atoms with Crippen LogP contribution < -0.4 is 0 Å². The van der Waals surface area contributed by atoms with Crippen molar-refractivity contribution in [3.8, 4) is 0 Å². The molecule has 1 fully saturated rings. The SMILES string of the molecule is CC(O)S(=O)(=O)CCCN=C1CCCCC1. The maximum Gasteiger partial charge on any atom is 0.176 e. The van der Waals surface area contributed by atoms with E-state index in [4.69, 9.17) is 5.11 Å². The molecular weight excluding hydrogens is 226 g/mol. The highest BCUT2D eigenvalue weighted by atomic mass is 32.2. The Morgan fingerprint density at radius 1 is 1.31 bits per heavy atom. The minimum Gasteiger partial charge on any atom is -0.377 e. The fourth-order valence-corrected chi connectivity index (χ4v) is 2.66. The van der Waals surface area contributed by atoms with E-state index < -0.39 is 15.3 Å². The third kappa shape index (κ3) is 4.61. The summed E-state index contributed by atoms with van der Waals surface area (Å²) in [6.07, 6.45) is 6.37. The molecule has 1 unspecified atom stereocenters. The highest BCUT2D eigenvalue weighted by Crippen LogP contribution is 2.14. The molecule has 94 valence electrons. The Morgan fingerprint density at radius 2 is 1.94 bits per heavy atom. The quantitative estimate of drug-likeness (QED) is 0.749. The van der Waals surface area contributed by atoms with Gasteiger partial charge >= 0.3 is 0 Å². The third-order valence-electron chi connectivity index (χ3n) is 2.87. The number of aliphatic hydroxyl groups is 1. The molecule has 0 aromatic carbocycles. The largest absolute Gasteiger partial charge is 0.377 e. The Morgan fingerprint density at radius 3 is 2.50 bits per heavy atom. The normalized spacial score (nSPS) is 19.5. The summed E-state index contributed by atoms with van der Waals surface area (Å²) in [6.45, 7) is 1.86. The van der Waals surface area contributed by atoms with Crippen LogP contribution in [-0.2, 0) is 9.84 Å². The van der Waals surface area contributed by atoms with E-state index in [0.29, 0.717) is 13.0 Å². The van der Waals surface area contributed by atoms with E-state index in [2.05, 4.69) is 4.99 Å². The molecular formula is C11H21NO3S. The highest BCUT2D eigenvalue weighted by molar-refractivity contribution is 7.91. The van der Waals surface area contributed by atoms with Gasteiger partial charge in [0.05, 0.1) is 5.75 Å². The number of hydrogen-bond acceptors (Lipinski definition) is 4. The van der Waals surface area contributed by atoms with Crippen LogP contribution >= 0.6 is 0 Å². The van der Waals surface area contributed by atoms with Gasteiger partial charge in [-0.1, -0.05) is 6.42 Å². The zero-order valence-corrected chi connectivity index (χ0v) is 10.7. The molecule has 1 N–H and O–H groups in total. The molecule has 1 rings (SSSR count). The van der Waals surface area contributed by atoms with Crippen molar-refractivity contribution in [2.24, 2.45) is 4.99 Å². The van der Waals surface area contributed by atoms with Gasteiger partial charge in [0.25, 0.3) is 0 Å². The molecule has 0 aromatic heterocycles. The summed E-state index contributed by atoms with van der Waals surface area (Å²) >= 11 is 0. The molecule has 0 saturated heterocycles. The van der Waals surface area contributed by atoms with E-state index in [1.807, 2.05) is 0 Å². The van der Waals surface area contributed by atoms with Gasteiger partial charge in [-0.2, -0.15) is 0 Å². The number of aliphatic imine (C=N–C) groups is 1. The van der Waals surface area contributed by atoms with Crippen LogP contribution in [0.3, 0.4) is 0 Å². The number of hydrogen-bond donors (Lipinski definition) is 1. The molecule has 1 aliphatic carbocycles. The molecule has 4 nitrogen and oxygen atoms in total. The summed E-state index contributed by atoms with van der Waals surface area (Å²) in [7, 11) is -3.31. The van der Waals surface area contributed by atoms with Crippen molar-refractivity contribution in [2.75, 3.05) is 12.3 Å². The van der Waals surface area contributed by atoms with Crippen LogP contribution in [0.1, 0.15) is 45.4 Å². The summed E-state index contributed by atoms with van der Waals surface area (Å²) in [5, 5.41) is 9.00. The Hall–Kier alpha value is -0.420. The molecule has 1 saturated carbocycles. The summed E-state index contributed by atoms with van der Waals surface area (Å²) in [5.41, 5.74) is -0.0180. The highest BCUT2D eigenvalue weighted by Gasteiger charge is 2.16. The fourth-order valence-electron chi connectivity index (χ4n) is 1.79. The van der Waals surface area contributed by atoms with Crippen LogP contribution in [0, 0.1) is 0 Å². The van der Waals surface area contributed by atoms with Gasteiger partial charge in [-0.25, -0.2) is 8.42 Å². The molecule has 1 aliphatic rings. The monoisotopic (exact) mass is 247 g/mol. The van der Waals surface area contributed by atoms with E-state index in [0.717, 1.165) is 12.8 Å². The van der Waals surface area contributed by atoms with Gasteiger partial charge < -0.3 is 5.11 Å². The molecule has 0 amide bonds. The van der Waals surface area contributed by atoms with Gasteiger partial charge in [0.15, 0.2) is 15.3 Å². The average molecular weight is 247 g/mol. The summed E-state index contributed by atoms with van der Waals surface area (Å²) in [5.74, 6) is 0.0292. The third-order valence-corrected chi connectivity index (χ3v) is 4.77. The predicted molar refractivity (Wildman–Crippen MR) is 65.5 cm³/mol. The molecule has 16 heavy (non-hydrogen) atoms. The number of sulfone groups is 1. The maximum atomic E-state index is 11.3. The first kappa shape index (κ1) is 13.6. The molecule has 0 aliphatic heterocycles. The van der Waals surface area contributed by atoms with E-state index in [-0.39, 0.29) is 5.75 Å². The first-order valence-corrected chi connectivity index (χ1v) is 7.66. The summed E-state index contributed by atoms with van der Waals surface area (Å²) < 4.78 is 22.6. The van der Waals surface area contributed by atoms with Crippen LogP contribution in [0.2, 0.25) is 0 Å². The topological polar surface area (TPSA) is 66.7 Å². The van der Waals surface area contributed by atoms with Gasteiger partial charge in [-0.05, 0) is 39.0 Å². The van der Waals surface area contributed by atoms with Crippen molar-refractivity contribution < 1.29 is 13.5 Å². The van der Waals surface area contributed by atoms with Gasteiger partial charge in [0, 0.05) is 12.3 Å². The van der Waals surface area contributed by atoms with Crippen LogP contribution in [0.4, 0.5) is 0 Å². The number of nitrogens with zero attached hydrogens (tertiary/aromatic N) is 1. The number of aliphatic hydroxyl groups excluding tert-OH is 1. The van der Waals surface area contributed by atoms with Crippen molar-refractivity contribution in [3.63, 3.8) is 0 Å². The minimum absolute atomic E-state index is 0.0292. The van der Waals surface area contributed by atoms with Crippen molar-refractivity contribution in [3.05, 3.63) is 0 Å². The molecule has 0 spiro atoms. The average Bonchev–Trinajstić information content (AvgIpc) is 2.26. The zero-order chi connectivity index (χ0) is 12.0. The van der Waals surface area contributed by atoms with Gasteiger partial charge in [0.2, 0.25) is 0 Å². The fraction of sp³-hybridized carbons (Fsp3) is 0.909. The zero-order valence-electron chi connectivity index (χ0n) is 9.85. The molecule has 1 atom stereocenters. The predicted octanol–water partition coefficient (Wildman–Crippen LogP) is 1.53. The maximum absolute atomic E-state index is 11.3. The van der Waals surface area contributed by atoms with Crippen LogP contribution in [0.5, 0.6) is 0 Å². The Bertz CT molecular complexity index is 325. The van der Waals surface area contributed by atoms with E-state index in [9.17, 15) is 8.42 Å². The van der Waals surface area contributed by atoms with Crippen molar-refractivity contribution in [2.45, 2.75) is 50.9 Å². The first-order chi connectivity index (χ1) is 7.52. The van der Waals surface area contributed by atoms with Crippen LogP contribution in [0.25, 0.3) is 0 Å². The summed E-state index contributed by atoms with van der Waals surface area (Å²) in [4.78, 5) is 4.42. The van der Waals surface area contributed by atoms with Crippen molar-refractivity contribution in [1.82, 2.24) is 0 Å². The van der Waals surface area contributed by atoms with E-state index >= 15 is 0 Å². The lowest BCUT2D eigenvalue weighted by molar-refractivity contribution is 0.268. The van der Waals surface area contributed by atoms with E-state index in [1.165, 1.54) is 31.9 Å². The minimum atomic E-state index is -3.31. The second-order valence-corrected chi connectivity index (χ2v) is 6.74. The molecule has 0 aromatic rings. The van der Waals surface area contributed by atoms with Crippen molar-refractivity contribution >= 4 is 15.5 Å². The van der Waals surface area contributed by atoms with Gasteiger partial charge in [0.1, 0.15) is 0 Å². The lowest BCUT2D eigenvalue weighted by atomic mass is 9.98. The Balaban J connectivity index is 2.25. The summed E-state index contributed by atoms with van der Waals surface area (Å²) in [6, 6.07) is 0.